The zero-order valence-electron chi connectivity index (χ0n) is 20.8. The van der Waals surface area contributed by atoms with Crippen LogP contribution < -0.4 is 5.32 Å². The fourth-order valence-corrected chi connectivity index (χ4v) is 4.57. The molecule has 200 valence electrons. The maximum atomic E-state index is 14.7. The number of phenolic OH excluding ortho intramolecular Hbond substituents is 1. The number of nitrogens with one attached hydrogen (secondary N) is 1. The van der Waals surface area contributed by atoms with Crippen molar-refractivity contribution < 1.29 is 42.9 Å². The third kappa shape index (κ3) is 5.41. The largest absolute Gasteiger partial charge is 0.508 e. The van der Waals surface area contributed by atoms with Gasteiger partial charge in [0.25, 0.3) is 17.7 Å². The first-order valence-corrected chi connectivity index (χ1v) is 11.5. The molecule has 3 atom stereocenters. The molecule has 0 aliphatic carbocycles. The number of amides is 2. The highest BCUT2D eigenvalue weighted by molar-refractivity contribution is 5.97. The minimum atomic E-state index is -3.57. The molecule has 0 saturated carbocycles. The van der Waals surface area contributed by atoms with Gasteiger partial charge in [-0.05, 0) is 55.7 Å². The number of aryl methyl sites for hydroxylation is 1. The Hall–Kier alpha value is -3.60. The fraction of sp³-hybridized carbons (Fsp3) is 0.423. The van der Waals surface area contributed by atoms with Crippen molar-refractivity contribution in [3.05, 3.63) is 64.5 Å². The molecular weight excluding hydrogens is 493 g/mol. The Bertz CT molecular complexity index is 1230. The molecule has 1 heterocycles. The van der Waals surface area contributed by atoms with Gasteiger partial charge in [0.15, 0.2) is 6.10 Å². The number of likely N-dealkylation sites (tertiary alicyclic amines) is 1. The van der Waals surface area contributed by atoms with Gasteiger partial charge < -0.3 is 25.5 Å². The van der Waals surface area contributed by atoms with Crippen molar-refractivity contribution in [1.82, 2.24) is 10.2 Å². The Morgan fingerprint density at radius 1 is 1.16 bits per heavy atom. The van der Waals surface area contributed by atoms with E-state index < -0.39 is 59.7 Å². The molecule has 1 aliphatic rings. The number of benzene rings is 2. The molecule has 4 N–H and O–H groups in total. The van der Waals surface area contributed by atoms with E-state index in [1.807, 2.05) is 0 Å². The summed E-state index contributed by atoms with van der Waals surface area (Å²) in [6.45, 7) is 3.92. The van der Waals surface area contributed by atoms with E-state index in [9.17, 15) is 42.9 Å². The van der Waals surface area contributed by atoms with Crippen LogP contribution in [-0.2, 0) is 16.0 Å². The maximum absolute atomic E-state index is 14.7. The summed E-state index contributed by atoms with van der Waals surface area (Å²) < 4.78 is 43.2. The van der Waals surface area contributed by atoms with Crippen LogP contribution in [-0.4, -0.2) is 68.7 Å². The van der Waals surface area contributed by atoms with Gasteiger partial charge in [-0.2, -0.15) is 0 Å². The predicted octanol–water partition coefficient (Wildman–Crippen LogP) is 2.81. The van der Waals surface area contributed by atoms with Gasteiger partial charge in [-0.15, -0.1) is 0 Å². The minimum absolute atomic E-state index is 0.0404. The molecule has 1 aliphatic heterocycles. The van der Waals surface area contributed by atoms with Crippen LogP contribution in [0.2, 0.25) is 0 Å². The molecule has 11 heteroatoms. The number of alkyl halides is 2. The van der Waals surface area contributed by atoms with Crippen molar-refractivity contribution in [2.24, 2.45) is 5.41 Å². The molecule has 8 nitrogen and oxygen atoms in total. The van der Waals surface area contributed by atoms with Crippen LogP contribution in [0.25, 0.3) is 0 Å². The van der Waals surface area contributed by atoms with Crippen molar-refractivity contribution in [2.45, 2.75) is 58.2 Å². The number of carbonyl (C=O) groups is 3. The van der Waals surface area contributed by atoms with Gasteiger partial charge in [-0.3, -0.25) is 9.59 Å². The second-order valence-corrected chi connectivity index (χ2v) is 9.95. The van der Waals surface area contributed by atoms with E-state index in [1.54, 1.807) is 6.92 Å². The topological polar surface area (TPSA) is 127 Å². The summed E-state index contributed by atoms with van der Waals surface area (Å²) in [5.74, 6) is -8.11. The van der Waals surface area contributed by atoms with Gasteiger partial charge in [-0.1, -0.05) is 26.0 Å². The summed E-state index contributed by atoms with van der Waals surface area (Å²) in [6.07, 6.45) is -2.42. The highest BCUT2D eigenvalue weighted by atomic mass is 19.3. The van der Waals surface area contributed by atoms with Gasteiger partial charge in [0.2, 0.25) is 0 Å². The number of nitrogens with zero attached hydrogens (tertiary/aromatic N) is 1. The third-order valence-corrected chi connectivity index (χ3v) is 6.89. The van der Waals surface area contributed by atoms with Crippen molar-refractivity contribution >= 4 is 17.8 Å². The summed E-state index contributed by atoms with van der Waals surface area (Å²) in [7, 11) is 0. The number of carboxylic acids is 1. The van der Waals surface area contributed by atoms with Crippen LogP contribution in [0.15, 0.2) is 36.4 Å². The van der Waals surface area contributed by atoms with Crippen molar-refractivity contribution in [3.8, 4) is 5.75 Å². The molecule has 1 fully saturated rings. The molecule has 0 unspecified atom stereocenters. The second-order valence-electron chi connectivity index (χ2n) is 9.95. The van der Waals surface area contributed by atoms with E-state index >= 15 is 0 Å². The molecule has 0 spiro atoms. The Labute approximate surface area is 211 Å². The molecule has 3 rings (SSSR count). The summed E-state index contributed by atoms with van der Waals surface area (Å²) >= 11 is 0. The molecule has 0 aromatic heterocycles. The molecule has 1 saturated heterocycles. The number of carbonyl (C=O) groups excluding carboxylic acids is 2. The molecule has 2 amide bonds. The van der Waals surface area contributed by atoms with E-state index in [1.165, 1.54) is 37.3 Å². The number of halogens is 3. The Morgan fingerprint density at radius 3 is 2.41 bits per heavy atom. The van der Waals surface area contributed by atoms with Crippen LogP contribution in [0.3, 0.4) is 0 Å². The highest BCUT2D eigenvalue weighted by Crippen LogP contribution is 2.48. The molecular formula is C26H29F3N2O6. The van der Waals surface area contributed by atoms with Gasteiger partial charge >= 0.3 is 5.97 Å². The normalized spacial score (nSPS) is 19.8. The van der Waals surface area contributed by atoms with Crippen LogP contribution in [0, 0.1) is 25.1 Å². The minimum Gasteiger partial charge on any atom is -0.508 e. The molecule has 2 aromatic carbocycles. The van der Waals surface area contributed by atoms with Crippen LogP contribution in [0.5, 0.6) is 5.75 Å². The number of rotatable bonds is 7. The van der Waals surface area contributed by atoms with Crippen LogP contribution in [0.1, 0.15) is 40.9 Å². The lowest BCUT2D eigenvalue weighted by Crippen LogP contribution is -2.56. The summed E-state index contributed by atoms with van der Waals surface area (Å²) in [5.41, 5.74) is -1.04. The summed E-state index contributed by atoms with van der Waals surface area (Å²) in [4.78, 5) is 38.6. The number of aliphatic carboxylic acids is 1. The first-order chi connectivity index (χ1) is 17.1. The Balaban J connectivity index is 1.97. The van der Waals surface area contributed by atoms with Crippen LogP contribution >= 0.6 is 0 Å². The van der Waals surface area contributed by atoms with Crippen LogP contribution in [0.4, 0.5) is 13.2 Å². The zero-order valence-corrected chi connectivity index (χ0v) is 20.8. The first kappa shape index (κ1) is 28.0. The van der Waals surface area contributed by atoms with Gasteiger partial charge in [0.1, 0.15) is 17.6 Å². The Kier molecular flexibility index (Phi) is 7.59. The van der Waals surface area contributed by atoms with Gasteiger partial charge in [-0.25, -0.2) is 18.0 Å². The number of carboxylic acid groups (broad SMARTS) is 1. The quantitative estimate of drug-likeness (QED) is 0.443. The summed E-state index contributed by atoms with van der Waals surface area (Å²) in [6, 6.07) is 4.68. The lowest BCUT2D eigenvalue weighted by molar-refractivity contribution is -0.156. The number of aliphatic hydroxyl groups is 1. The van der Waals surface area contributed by atoms with Gasteiger partial charge in [0.05, 0.1) is 18.0 Å². The van der Waals surface area contributed by atoms with E-state index in [-0.39, 0.29) is 28.9 Å². The second kappa shape index (κ2) is 10.0. The number of aromatic hydroxyl groups is 1. The SMILES string of the molecule is Cc1cc(O)c(C)c(C(=O)N[C@@H](Cc2cccc(F)c2)[C@H](O)C(=O)N2CC(F)(F)C(C)(C)[C@H]2C(=O)O)c1. The van der Waals surface area contributed by atoms with Crippen molar-refractivity contribution in [1.29, 1.82) is 0 Å². The number of hydrogen-bond acceptors (Lipinski definition) is 5. The highest BCUT2D eigenvalue weighted by Gasteiger charge is 2.65. The average Bonchev–Trinajstić information content (AvgIpc) is 2.98. The van der Waals surface area contributed by atoms with Gasteiger partial charge in [0, 0.05) is 11.1 Å². The third-order valence-electron chi connectivity index (χ3n) is 6.89. The number of hydrogen-bond donors (Lipinski definition) is 4. The van der Waals surface area contributed by atoms with Crippen molar-refractivity contribution in [2.75, 3.05) is 6.54 Å². The number of aliphatic hydroxyl groups excluding tert-OH is 1. The van der Waals surface area contributed by atoms with Crippen molar-refractivity contribution in [3.63, 3.8) is 0 Å². The fourth-order valence-electron chi connectivity index (χ4n) is 4.57. The van der Waals surface area contributed by atoms with E-state index in [0.29, 0.717) is 10.5 Å². The van der Waals surface area contributed by atoms with E-state index in [0.717, 1.165) is 19.9 Å². The molecule has 37 heavy (non-hydrogen) atoms. The lowest BCUT2D eigenvalue weighted by Gasteiger charge is -2.32. The monoisotopic (exact) mass is 522 g/mol. The predicted molar refractivity (Wildman–Crippen MR) is 127 cm³/mol. The Morgan fingerprint density at radius 2 is 1.81 bits per heavy atom. The lowest BCUT2D eigenvalue weighted by atomic mass is 9.81. The summed E-state index contributed by atoms with van der Waals surface area (Å²) in [5, 5.41) is 33.2. The zero-order chi connectivity index (χ0) is 27.9. The van der Waals surface area contributed by atoms with E-state index in [2.05, 4.69) is 5.32 Å². The first-order valence-electron chi connectivity index (χ1n) is 11.5. The smallest absolute Gasteiger partial charge is 0.327 e. The molecule has 0 radical (unpaired) electrons. The maximum Gasteiger partial charge on any atom is 0.327 e. The standard InChI is InChI=1S/C26H29F3N2O6/c1-13-8-17(14(2)19(32)9-13)22(34)30-18(11-15-6-5-7-16(27)10-15)20(33)23(35)31-12-26(28,29)25(3,4)21(31)24(36)37/h5-10,18,20-21,32-33H,11-12H2,1-4H3,(H,30,34)(H,36,37)/t18-,20-,21+/m0/s1. The number of phenols is 1. The molecule has 2 aromatic rings. The van der Waals surface area contributed by atoms with E-state index in [4.69, 9.17) is 0 Å². The molecule has 0 bridgehead atoms. The average molecular weight is 523 g/mol.